The van der Waals surface area contributed by atoms with Gasteiger partial charge in [0.15, 0.2) is 6.33 Å². The van der Waals surface area contributed by atoms with Crippen LogP contribution in [0.25, 0.3) is 11.1 Å². The Kier molecular flexibility index (Phi) is 7.31. The summed E-state index contributed by atoms with van der Waals surface area (Å²) in [5, 5.41) is 12.2. The molecule has 0 spiro atoms. The summed E-state index contributed by atoms with van der Waals surface area (Å²) in [5.41, 5.74) is 14.8. The fourth-order valence-electron chi connectivity index (χ4n) is 1.91. The third-order valence-electron chi connectivity index (χ3n) is 3.07. The first-order chi connectivity index (χ1) is 11.2. The molecule has 1 heterocycles. The maximum Gasteiger partial charge on any atom is 0.161 e. The average Bonchev–Trinajstić information content (AvgIpc) is 3.16. The van der Waals surface area contributed by atoms with Crippen molar-refractivity contribution in [1.29, 1.82) is 0 Å². The van der Waals surface area contributed by atoms with Crippen molar-refractivity contribution < 1.29 is 9.47 Å². The Bertz CT molecular complexity index is 683. The van der Waals surface area contributed by atoms with Gasteiger partial charge >= 0.3 is 0 Å². The van der Waals surface area contributed by atoms with E-state index in [1.54, 1.807) is 14.2 Å². The summed E-state index contributed by atoms with van der Waals surface area (Å²) in [6.45, 7) is 0. The number of hydrogen-bond donors (Lipinski definition) is 3. The van der Waals surface area contributed by atoms with Crippen LogP contribution in [0.1, 0.15) is 0 Å². The molecule has 0 unspecified atom stereocenters. The van der Waals surface area contributed by atoms with Gasteiger partial charge in [0.05, 0.1) is 25.6 Å². The van der Waals surface area contributed by atoms with Crippen molar-refractivity contribution >= 4 is 23.8 Å². The van der Waals surface area contributed by atoms with Crippen molar-refractivity contribution in [3.05, 3.63) is 42.7 Å². The van der Waals surface area contributed by atoms with Gasteiger partial charge in [0, 0.05) is 0 Å². The highest BCUT2D eigenvalue weighted by molar-refractivity contribution is 5.85. The van der Waals surface area contributed by atoms with Crippen LogP contribution in [0, 0.1) is 0 Å². The van der Waals surface area contributed by atoms with Gasteiger partial charge in [0.1, 0.15) is 11.5 Å². The lowest BCUT2D eigenvalue weighted by Gasteiger charge is -2.10. The number of halogens is 1. The molecule has 0 radical (unpaired) electrons. The summed E-state index contributed by atoms with van der Waals surface area (Å²) in [4.78, 5) is 0. The molecule has 128 valence electrons. The zero-order valence-electron chi connectivity index (χ0n) is 13.3. The van der Waals surface area contributed by atoms with Gasteiger partial charge in [-0.3, -0.25) is 0 Å². The third-order valence-corrected chi connectivity index (χ3v) is 3.07. The standard InChI is InChI=1S/C14H16N2O2.CH2N4.ClH/c1-17-13-7-9(3-5-11(13)15)10-4-6-12(16)14(8-10)18-2;1-2-4-5-3-1;/h3-8H,15-16H2,1-2H3;1H,(H,2,3,4,5);1H. The first-order valence-corrected chi connectivity index (χ1v) is 6.69. The summed E-state index contributed by atoms with van der Waals surface area (Å²) in [6, 6.07) is 11.3. The fourth-order valence-corrected chi connectivity index (χ4v) is 1.91. The molecule has 0 aliphatic carbocycles. The van der Waals surface area contributed by atoms with Crippen LogP contribution >= 0.6 is 12.4 Å². The number of hydrogen-bond acceptors (Lipinski definition) is 7. The number of nitrogens with zero attached hydrogens (tertiary/aromatic N) is 3. The number of rotatable bonds is 3. The molecule has 0 aliphatic rings. The number of H-pyrrole nitrogens is 1. The van der Waals surface area contributed by atoms with Gasteiger partial charge in [-0.2, -0.15) is 5.21 Å². The fraction of sp³-hybridized carbons (Fsp3) is 0.133. The Balaban J connectivity index is 0.000000412. The minimum atomic E-state index is 0. The maximum absolute atomic E-state index is 5.79. The maximum atomic E-state index is 5.79. The van der Waals surface area contributed by atoms with Gasteiger partial charge in [-0.15, -0.1) is 22.6 Å². The highest BCUT2D eigenvalue weighted by Crippen LogP contribution is 2.32. The summed E-state index contributed by atoms with van der Waals surface area (Å²) in [5.74, 6) is 1.31. The van der Waals surface area contributed by atoms with Crippen molar-refractivity contribution in [2.75, 3.05) is 25.7 Å². The minimum Gasteiger partial charge on any atom is -0.495 e. The molecule has 0 atom stereocenters. The van der Waals surface area contributed by atoms with Crippen LogP contribution in [-0.4, -0.2) is 34.8 Å². The van der Waals surface area contributed by atoms with E-state index >= 15 is 0 Å². The molecule has 9 heteroatoms. The summed E-state index contributed by atoms with van der Waals surface area (Å²) < 4.78 is 10.4. The zero-order chi connectivity index (χ0) is 16.7. The quantitative estimate of drug-likeness (QED) is 0.618. The summed E-state index contributed by atoms with van der Waals surface area (Å²) >= 11 is 0. The van der Waals surface area contributed by atoms with E-state index in [0.717, 1.165) is 11.1 Å². The van der Waals surface area contributed by atoms with Crippen LogP contribution in [0.15, 0.2) is 42.7 Å². The van der Waals surface area contributed by atoms with Gasteiger partial charge < -0.3 is 20.9 Å². The molecule has 8 nitrogen and oxygen atoms in total. The number of anilines is 2. The van der Waals surface area contributed by atoms with Gasteiger partial charge in [-0.25, -0.2) is 0 Å². The zero-order valence-corrected chi connectivity index (χ0v) is 14.1. The van der Waals surface area contributed by atoms with E-state index in [4.69, 9.17) is 20.9 Å². The number of nitrogens with one attached hydrogen (secondary N) is 1. The normalized spacial score (nSPS) is 9.25. The van der Waals surface area contributed by atoms with Crippen molar-refractivity contribution in [2.24, 2.45) is 0 Å². The smallest absolute Gasteiger partial charge is 0.161 e. The molecule has 0 aliphatic heterocycles. The van der Waals surface area contributed by atoms with E-state index in [1.165, 1.54) is 6.33 Å². The van der Waals surface area contributed by atoms with E-state index < -0.39 is 0 Å². The lowest BCUT2D eigenvalue weighted by molar-refractivity contribution is 0.416. The number of aromatic nitrogens is 4. The van der Waals surface area contributed by atoms with Crippen LogP contribution in [0.5, 0.6) is 11.5 Å². The van der Waals surface area contributed by atoms with Crippen molar-refractivity contribution in [1.82, 2.24) is 20.6 Å². The van der Waals surface area contributed by atoms with Gasteiger partial charge in [-0.1, -0.05) is 17.3 Å². The predicted octanol–water partition coefficient (Wildman–Crippen LogP) is 2.16. The van der Waals surface area contributed by atoms with E-state index in [2.05, 4.69) is 20.6 Å². The molecular formula is C15H19ClN6O2. The van der Waals surface area contributed by atoms with Crippen molar-refractivity contribution in [3.8, 4) is 22.6 Å². The molecule has 2 aromatic carbocycles. The molecule has 0 saturated heterocycles. The Morgan fingerprint density at radius 1 is 0.875 bits per heavy atom. The number of ether oxygens (including phenoxy) is 2. The second kappa shape index (κ2) is 9.21. The topological polar surface area (TPSA) is 125 Å². The second-order valence-corrected chi connectivity index (χ2v) is 4.47. The number of aromatic amines is 1. The highest BCUT2D eigenvalue weighted by Gasteiger charge is 2.06. The number of nitrogens with two attached hydrogens (primary N) is 2. The molecule has 3 rings (SSSR count). The number of benzene rings is 2. The summed E-state index contributed by atoms with van der Waals surface area (Å²) in [7, 11) is 3.19. The Morgan fingerprint density at radius 3 is 1.67 bits per heavy atom. The molecule has 3 aromatic rings. The highest BCUT2D eigenvalue weighted by atomic mass is 35.5. The molecule has 0 amide bonds. The lowest BCUT2D eigenvalue weighted by atomic mass is 10.0. The molecule has 24 heavy (non-hydrogen) atoms. The van der Waals surface area contributed by atoms with Crippen LogP contribution in [0.3, 0.4) is 0 Å². The largest absolute Gasteiger partial charge is 0.495 e. The summed E-state index contributed by atoms with van der Waals surface area (Å²) in [6.07, 6.45) is 1.33. The van der Waals surface area contributed by atoms with E-state index in [9.17, 15) is 0 Å². The molecule has 5 N–H and O–H groups in total. The van der Waals surface area contributed by atoms with Gasteiger partial charge in [-0.05, 0) is 35.4 Å². The minimum absolute atomic E-state index is 0. The molecule has 0 fully saturated rings. The van der Waals surface area contributed by atoms with Gasteiger partial charge in [0.25, 0.3) is 0 Å². The Morgan fingerprint density at radius 2 is 1.38 bits per heavy atom. The molecule has 0 saturated carbocycles. The predicted molar refractivity (Wildman–Crippen MR) is 95.2 cm³/mol. The molecule has 1 aromatic heterocycles. The van der Waals surface area contributed by atoms with Crippen LogP contribution < -0.4 is 20.9 Å². The number of methoxy groups -OCH3 is 2. The second-order valence-electron chi connectivity index (χ2n) is 4.47. The average molecular weight is 351 g/mol. The first kappa shape index (κ1) is 19.0. The van der Waals surface area contributed by atoms with E-state index in [0.29, 0.717) is 22.9 Å². The van der Waals surface area contributed by atoms with Crippen LogP contribution in [0.2, 0.25) is 0 Å². The van der Waals surface area contributed by atoms with E-state index in [1.807, 2.05) is 36.4 Å². The van der Waals surface area contributed by atoms with Gasteiger partial charge in [0.2, 0.25) is 0 Å². The monoisotopic (exact) mass is 350 g/mol. The van der Waals surface area contributed by atoms with Crippen molar-refractivity contribution in [3.63, 3.8) is 0 Å². The molecule has 0 bridgehead atoms. The Labute approximate surface area is 145 Å². The van der Waals surface area contributed by atoms with Crippen molar-refractivity contribution in [2.45, 2.75) is 0 Å². The number of tetrazole rings is 1. The Hall–Kier alpha value is -3.00. The number of nitrogen functional groups attached to an aromatic ring is 2. The molecular weight excluding hydrogens is 332 g/mol. The van der Waals surface area contributed by atoms with E-state index in [-0.39, 0.29) is 12.4 Å². The SMILES string of the molecule is COc1cc(-c2ccc(N)c(OC)c2)ccc1N.Cl.c1nn[nH]n1. The van der Waals surface area contributed by atoms with Crippen LogP contribution in [0.4, 0.5) is 11.4 Å². The van der Waals surface area contributed by atoms with Crippen LogP contribution in [-0.2, 0) is 0 Å². The first-order valence-electron chi connectivity index (χ1n) is 6.69. The lowest BCUT2D eigenvalue weighted by Crippen LogP contribution is -1.94. The third kappa shape index (κ3) is 4.75.